The number of anilines is 1. The molecular formula is C18H20N6O8S. The largest absolute Gasteiger partial charge is 0.454 e. The highest BCUT2D eigenvalue weighted by molar-refractivity contribution is 7.84. The Kier molecular flexibility index (Phi) is 5.51. The summed E-state index contributed by atoms with van der Waals surface area (Å²) in [7, 11) is -4.23. The van der Waals surface area contributed by atoms with Crippen molar-refractivity contribution in [1.82, 2.24) is 19.5 Å². The Hall–Kier alpha value is -3.08. The molecule has 33 heavy (non-hydrogen) atoms. The summed E-state index contributed by atoms with van der Waals surface area (Å²) in [6, 6.07) is 5.58. The molecular weight excluding hydrogens is 460 g/mol. The van der Waals surface area contributed by atoms with Crippen molar-refractivity contribution < 1.29 is 37.0 Å². The van der Waals surface area contributed by atoms with Gasteiger partial charge >= 0.3 is 10.3 Å². The van der Waals surface area contributed by atoms with E-state index in [0.717, 1.165) is 5.56 Å². The summed E-state index contributed by atoms with van der Waals surface area (Å²) >= 11 is 0. The van der Waals surface area contributed by atoms with Crippen LogP contribution in [0.1, 0.15) is 11.8 Å². The van der Waals surface area contributed by atoms with Crippen LogP contribution in [0, 0.1) is 0 Å². The minimum Gasteiger partial charge on any atom is -0.454 e. The van der Waals surface area contributed by atoms with E-state index in [0.29, 0.717) is 35.0 Å². The molecule has 0 amide bonds. The van der Waals surface area contributed by atoms with Crippen molar-refractivity contribution in [2.24, 2.45) is 5.14 Å². The predicted molar refractivity (Wildman–Crippen MR) is 110 cm³/mol. The van der Waals surface area contributed by atoms with Gasteiger partial charge in [0.15, 0.2) is 34.7 Å². The number of aliphatic hydroxyl groups is 2. The molecule has 0 aliphatic carbocycles. The zero-order valence-electron chi connectivity index (χ0n) is 16.9. The summed E-state index contributed by atoms with van der Waals surface area (Å²) in [5.74, 6) is 1.80. The number of ether oxygens (including phenoxy) is 3. The van der Waals surface area contributed by atoms with Crippen LogP contribution in [-0.4, -0.2) is 69.9 Å². The van der Waals surface area contributed by atoms with Gasteiger partial charge < -0.3 is 29.7 Å². The summed E-state index contributed by atoms with van der Waals surface area (Å²) in [6.07, 6.45) is -2.32. The third-order valence-electron chi connectivity index (χ3n) is 5.26. The average Bonchev–Trinajstić information content (AvgIpc) is 3.49. The van der Waals surface area contributed by atoms with Gasteiger partial charge in [0.1, 0.15) is 24.6 Å². The quantitative estimate of drug-likeness (QED) is 0.323. The first-order chi connectivity index (χ1) is 15.8. The number of hydrogen-bond donors (Lipinski definition) is 4. The molecule has 0 unspecified atom stereocenters. The number of nitrogens with two attached hydrogens (primary N) is 1. The van der Waals surface area contributed by atoms with Gasteiger partial charge in [-0.1, -0.05) is 6.07 Å². The van der Waals surface area contributed by atoms with E-state index in [1.54, 1.807) is 0 Å². The number of nitrogens with one attached hydrogen (secondary N) is 1. The molecule has 5 rings (SSSR count). The van der Waals surface area contributed by atoms with Crippen molar-refractivity contribution in [2.45, 2.75) is 31.1 Å². The summed E-state index contributed by atoms with van der Waals surface area (Å²) in [4.78, 5) is 12.8. The number of aliphatic hydroxyl groups excluding tert-OH is 2. The molecule has 4 atom stereocenters. The number of aromatic nitrogens is 4. The number of fused-ring (bicyclic) bond motifs is 2. The summed E-state index contributed by atoms with van der Waals surface area (Å²) in [5.41, 5.74) is 1.68. The molecule has 4 heterocycles. The highest BCUT2D eigenvalue weighted by Crippen LogP contribution is 2.34. The molecule has 1 saturated heterocycles. The lowest BCUT2D eigenvalue weighted by atomic mass is 10.1. The first-order valence-corrected chi connectivity index (χ1v) is 11.3. The predicted octanol–water partition coefficient (Wildman–Crippen LogP) is -0.994. The second-order valence-electron chi connectivity index (χ2n) is 7.41. The van der Waals surface area contributed by atoms with Crippen molar-refractivity contribution in [3.63, 3.8) is 0 Å². The average molecular weight is 480 g/mol. The van der Waals surface area contributed by atoms with Crippen LogP contribution in [0.3, 0.4) is 0 Å². The van der Waals surface area contributed by atoms with Crippen molar-refractivity contribution in [2.75, 3.05) is 18.7 Å². The highest BCUT2D eigenvalue weighted by atomic mass is 32.2. The van der Waals surface area contributed by atoms with Gasteiger partial charge in [0.25, 0.3) is 0 Å². The molecule has 15 heteroatoms. The zero-order chi connectivity index (χ0) is 23.2. The Bertz CT molecular complexity index is 1280. The molecule has 14 nitrogen and oxygen atoms in total. The lowest BCUT2D eigenvalue weighted by molar-refractivity contribution is -0.0467. The fourth-order valence-electron chi connectivity index (χ4n) is 3.66. The van der Waals surface area contributed by atoms with E-state index in [9.17, 15) is 18.6 Å². The standard InChI is InChI=1S/C18H20N6O8S/c19-33(27,28)31-5-12-14(25)15(26)18(32-12)24-7-23-13-16(21-6-22-17(13)24)20-4-9-1-2-10-11(3-9)30-8-29-10/h1-3,6-7,12,14-15,18,25-26H,4-5,8H2,(H2,19,27,28)(H,20,21,22)/t12-,14-,15-,18-/m1/s1. The first kappa shape index (κ1) is 21.7. The second kappa shape index (κ2) is 8.36. The summed E-state index contributed by atoms with van der Waals surface area (Å²) in [5, 5.41) is 28.7. The van der Waals surface area contributed by atoms with Crippen LogP contribution in [-0.2, 0) is 25.8 Å². The van der Waals surface area contributed by atoms with Crippen LogP contribution < -0.4 is 19.9 Å². The van der Waals surface area contributed by atoms with Crippen LogP contribution in [0.15, 0.2) is 30.9 Å². The first-order valence-electron chi connectivity index (χ1n) is 9.79. The van der Waals surface area contributed by atoms with Crippen molar-refractivity contribution >= 4 is 27.3 Å². The molecule has 0 radical (unpaired) electrons. The van der Waals surface area contributed by atoms with E-state index in [4.69, 9.17) is 19.3 Å². The van der Waals surface area contributed by atoms with Crippen LogP contribution in [0.2, 0.25) is 0 Å². The maximum atomic E-state index is 11.0. The van der Waals surface area contributed by atoms with Gasteiger partial charge in [0, 0.05) is 6.54 Å². The third kappa shape index (κ3) is 4.29. The Labute approximate surface area is 187 Å². The molecule has 0 bridgehead atoms. The fourth-order valence-corrected chi connectivity index (χ4v) is 3.99. The fraction of sp³-hybridized carbons (Fsp3) is 0.389. The number of hydrogen-bond acceptors (Lipinski definition) is 12. The van der Waals surface area contributed by atoms with E-state index in [2.05, 4.69) is 24.5 Å². The van der Waals surface area contributed by atoms with Gasteiger partial charge in [-0.3, -0.25) is 8.75 Å². The molecule has 2 aliphatic heterocycles. The Morgan fingerprint density at radius 3 is 2.82 bits per heavy atom. The Balaban J connectivity index is 1.34. The van der Waals surface area contributed by atoms with Crippen molar-refractivity contribution in [3.05, 3.63) is 36.4 Å². The second-order valence-corrected chi connectivity index (χ2v) is 8.63. The highest BCUT2D eigenvalue weighted by Gasteiger charge is 2.45. The number of nitrogens with zero attached hydrogens (tertiary/aromatic N) is 4. The van der Waals surface area contributed by atoms with Gasteiger partial charge in [-0.15, -0.1) is 0 Å². The topological polar surface area (TPSA) is 193 Å². The SMILES string of the molecule is NS(=O)(=O)OC[C@H]1O[C@@H](n2cnc3c(NCc4ccc5c(c4)OCO5)ncnc32)[C@H](O)[C@@H]1O. The Morgan fingerprint density at radius 2 is 2.00 bits per heavy atom. The maximum Gasteiger partial charge on any atom is 0.333 e. The molecule has 176 valence electrons. The molecule has 5 N–H and O–H groups in total. The van der Waals surface area contributed by atoms with Crippen molar-refractivity contribution in [1.29, 1.82) is 0 Å². The lowest BCUT2D eigenvalue weighted by Crippen LogP contribution is -2.35. The summed E-state index contributed by atoms with van der Waals surface area (Å²) in [6.45, 7) is 0.0519. The molecule has 3 aromatic rings. The minimum atomic E-state index is -4.23. The van der Waals surface area contributed by atoms with E-state index in [1.165, 1.54) is 17.2 Å². The molecule has 0 spiro atoms. The monoisotopic (exact) mass is 480 g/mol. The number of benzene rings is 1. The minimum absolute atomic E-state index is 0.189. The maximum absolute atomic E-state index is 11.0. The lowest BCUT2D eigenvalue weighted by Gasteiger charge is -2.16. The van der Waals surface area contributed by atoms with Gasteiger partial charge in [-0.2, -0.15) is 8.42 Å². The van der Waals surface area contributed by atoms with Crippen LogP contribution >= 0.6 is 0 Å². The van der Waals surface area contributed by atoms with Crippen LogP contribution in [0.5, 0.6) is 11.5 Å². The van der Waals surface area contributed by atoms with Crippen molar-refractivity contribution in [3.8, 4) is 11.5 Å². The zero-order valence-corrected chi connectivity index (χ0v) is 17.8. The van der Waals surface area contributed by atoms with E-state index >= 15 is 0 Å². The van der Waals surface area contributed by atoms with E-state index in [1.807, 2.05) is 18.2 Å². The molecule has 2 aliphatic rings. The molecule has 1 aromatic carbocycles. The van der Waals surface area contributed by atoms with Gasteiger partial charge in [0.05, 0.1) is 12.9 Å². The van der Waals surface area contributed by atoms with E-state index in [-0.39, 0.29) is 6.79 Å². The van der Waals surface area contributed by atoms with Gasteiger partial charge in [-0.05, 0) is 17.7 Å². The normalized spacial score (nSPS) is 24.5. The summed E-state index contributed by atoms with van der Waals surface area (Å²) < 4.78 is 44.3. The third-order valence-corrected chi connectivity index (χ3v) is 5.73. The molecule has 2 aromatic heterocycles. The van der Waals surface area contributed by atoms with Crippen LogP contribution in [0.25, 0.3) is 11.2 Å². The van der Waals surface area contributed by atoms with Crippen LogP contribution in [0.4, 0.5) is 5.82 Å². The Morgan fingerprint density at radius 1 is 1.18 bits per heavy atom. The smallest absolute Gasteiger partial charge is 0.333 e. The number of rotatable bonds is 7. The molecule has 1 fully saturated rings. The van der Waals surface area contributed by atoms with E-state index < -0.39 is 41.5 Å². The van der Waals surface area contributed by atoms with Gasteiger partial charge in [0.2, 0.25) is 6.79 Å². The molecule has 0 saturated carbocycles. The van der Waals surface area contributed by atoms with Gasteiger partial charge in [-0.25, -0.2) is 20.1 Å². The number of imidazole rings is 1.